The van der Waals surface area contributed by atoms with Crippen molar-refractivity contribution in [2.75, 3.05) is 33.0 Å². The van der Waals surface area contributed by atoms with Gasteiger partial charge < -0.3 is 14.6 Å². The van der Waals surface area contributed by atoms with Crippen LogP contribution in [-0.2, 0) is 17.9 Å². The van der Waals surface area contributed by atoms with E-state index in [0.717, 1.165) is 62.2 Å². The Morgan fingerprint density at radius 3 is 2.76 bits per heavy atom. The zero-order valence-electron chi connectivity index (χ0n) is 16.2. The zero-order valence-corrected chi connectivity index (χ0v) is 17.1. The topological polar surface area (TPSA) is 75.1 Å². The first kappa shape index (κ1) is 18.8. The second-order valence-electron chi connectivity index (χ2n) is 8.41. The van der Waals surface area contributed by atoms with Gasteiger partial charge in [0.2, 0.25) is 6.79 Å². The first-order valence-electron chi connectivity index (χ1n) is 10.0. The van der Waals surface area contributed by atoms with Gasteiger partial charge in [-0.15, -0.1) is 11.3 Å². The van der Waals surface area contributed by atoms with Crippen molar-refractivity contribution >= 4 is 17.3 Å². The lowest BCUT2D eigenvalue weighted by atomic mass is 9.77. The highest BCUT2D eigenvalue weighted by Gasteiger charge is 2.51. The van der Waals surface area contributed by atoms with E-state index in [4.69, 9.17) is 9.47 Å². The van der Waals surface area contributed by atoms with Gasteiger partial charge >= 0.3 is 5.97 Å². The number of carboxylic acids is 1. The molecule has 0 spiro atoms. The maximum absolute atomic E-state index is 11.3. The summed E-state index contributed by atoms with van der Waals surface area (Å²) in [4.78, 5) is 20.7. The van der Waals surface area contributed by atoms with Crippen LogP contribution in [0.5, 0.6) is 11.5 Å². The van der Waals surface area contributed by atoms with Crippen LogP contribution in [0.2, 0.25) is 0 Å². The third kappa shape index (κ3) is 3.84. The number of carbonyl (C=O) groups is 1. The smallest absolute Gasteiger partial charge is 0.303 e. The molecule has 2 unspecified atom stereocenters. The molecular formula is C21H25N3O4S. The van der Waals surface area contributed by atoms with Crippen LogP contribution in [-0.4, -0.2) is 58.8 Å². The number of hydrogen-bond donors (Lipinski definition) is 1. The maximum atomic E-state index is 11.3. The average Bonchev–Trinajstić information content (AvgIpc) is 3.44. The highest BCUT2D eigenvalue weighted by molar-refractivity contribution is 7.09. The molecule has 2 saturated heterocycles. The van der Waals surface area contributed by atoms with Crippen LogP contribution in [0.1, 0.15) is 23.4 Å². The van der Waals surface area contributed by atoms with Crippen LogP contribution < -0.4 is 9.47 Å². The van der Waals surface area contributed by atoms with Gasteiger partial charge in [-0.3, -0.25) is 14.6 Å². The Hall–Kier alpha value is -2.16. The minimum Gasteiger partial charge on any atom is -0.481 e. The molecule has 4 heterocycles. The molecule has 0 bridgehead atoms. The summed E-state index contributed by atoms with van der Waals surface area (Å²) in [5.74, 6) is 1.42. The van der Waals surface area contributed by atoms with E-state index in [1.165, 1.54) is 5.56 Å². The highest BCUT2D eigenvalue weighted by Crippen LogP contribution is 2.47. The van der Waals surface area contributed by atoms with Crippen molar-refractivity contribution < 1.29 is 19.4 Å². The van der Waals surface area contributed by atoms with E-state index in [9.17, 15) is 9.90 Å². The lowest BCUT2D eigenvalue weighted by molar-refractivity contribution is -0.137. The quantitative estimate of drug-likeness (QED) is 0.745. The van der Waals surface area contributed by atoms with Crippen molar-refractivity contribution in [1.82, 2.24) is 14.8 Å². The van der Waals surface area contributed by atoms with Crippen molar-refractivity contribution in [2.45, 2.75) is 25.9 Å². The summed E-state index contributed by atoms with van der Waals surface area (Å²) in [7, 11) is 0. The fraction of sp³-hybridized carbons (Fsp3) is 0.524. The molecule has 3 aliphatic rings. The predicted octanol–water partition coefficient (Wildman–Crippen LogP) is 2.67. The molecule has 1 N–H and O–H groups in total. The molecule has 5 rings (SSSR count). The number of thiazole rings is 1. The fourth-order valence-electron chi connectivity index (χ4n) is 5.18. The molecule has 154 valence electrons. The van der Waals surface area contributed by atoms with Gasteiger partial charge in [-0.25, -0.2) is 4.98 Å². The summed E-state index contributed by atoms with van der Waals surface area (Å²) >= 11 is 1.69. The Bertz CT molecular complexity index is 890. The normalized spacial score (nSPS) is 26.1. The molecule has 8 heteroatoms. The Morgan fingerprint density at radius 2 is 2.00 bits per heavy atom. The fourth-order valence-corrected chi connectivity index (χ4v) is 5.83. The molecular weight excluding hydrogens is 390 g/mol. The van der Waals surface area contributed by atoms with Crippen molar-refractivity contribution in [3.05, 3.63) is 40.3 Å². The van der Waals surface area contributed by atoms with Crippen molar-refractivity contribution in [3.63, 3.8) is 0 Å². The summed E-state index contributed by atoms with van der Waals surface area (Å²) in [5, 5.41) is 12.4. The van der Waals surface area contributed by atoms with Crippen LogP contribution in [0.3, 0.4) is 0 Å². The van der Waals surface area contributed by atoms with Gasteiger partial charge in [0.15, 0.2) is 11.5 Å². The summed E-state index contributed by atoms with van der Waals surface area (Å²) in [5.41, 5.74) is 1.26. The molecule has 0 radical (unpaired) electrons. The number of aromatic nitrogens is 1. The number of fused-ring (bicyclic) bond motifs is 2. The summed E-state index contributed by atoms with van der Waals surface area (Å²) in [6, 6.07) is 6.14. The molecule has 2 aromatic rings. The number of benzene rings is 1. The van der Waals surface area contributed by atoms with E-state index in [1.807, 2.05) is 17.6 Å². The van der Waals surface area contributed by atoms with Crippen molar-refractivity contribution in [1.29, 1.82) is 0 Å². The lowest BCUT2D eigenvalue weighted by Crippen LogP contribution is -2.34. The van der Waals surface area contributed by atoms with Crippen LogP contribution >= 0.6 is 11.3 Å². The van der Waals surface area contributed by atoms with Gasteiger partial charge in [0.25, 0.3) is 0 Å². The van der Waals surface area contributed by atoms with Crippen molar-refractivity contribution in [3.8, 4) is 11.5 Å². The largest absolute Gasteiger partial charge is 0.481 e. The van der Waals surface area contributed by atoms with E-state index < -0.39 is 5.97 Å². The third-order valence-corrected chi connectivity index (χ3v) is 7.19. The number of likely N-dealkylation sites (tertiary alicyclic amines) is 2. The van der Waals surface area contributed by atoms with Gasteiger partial charge in [0.05, 0.1) is 6.54 Å². The minimum atomic E-state index is -0.703. The number of ether oxygens (including phenoxy) is 2. The minimum absolute atomic E-state index is 0.0476. The average molecular weight is 416 g/mol. The van der Waals surface area contributed by atoms with Gasteiger partial charge in [-0.1, -0.05) is 6.07 Å². The number of hydrogen-bond acceptors (Lipinski definition) is 7. The Morgan fingerprint density at radius 1 is 1.21 bits per heavy atom. The standard InChI is InChI=1S/C21H25N3O4S/c25-20(26)3-4-21-12-23(8-15-1-2-17-18(7-15)28-14-27-17)9-16(21)10-24(13-21)11-19-22-5-6-29-19/h1-2,5-7,16H,3-4,8-14H2,(H,25,26). The van der Waals surface area contributed by atoms with Crippen LogP contribution in [0.4, 0.5) is 0 Å². The van der Waals surface area contributed by atoms with Crippen LogP contribution in [0, 0.1) is 11.3 Å². The molecule has 2 fully saturated rings. The second kappa shape index (κ2) is 7.59. The molecule has 3 aliphatic heterocycles. The molecule has 29 heavy (non-hydrogen) atoms. The molecule has 1 aromatic carbocycles. The Kier molecular flexibility index (Phi) is 4.93. The summed E-state index contributed by atoms with van der Waals surface area (Å²) in [6.45, 7) is 5.91. The zero-order chi connectivity index (χ0) is 19.8. The first-order valence-corrected chi connectivity index (χ1v) is 10.9. The van der Waals surface area contributed by atoms with Crippen LogP contribution in [0.15, 0.2) is 29.8 Å². The van der Waals surface area contributed by atoms with Gasteiger partial charge in [0, 0.05) is 56.1 Å². The van der Waals surface area contributed by atoms with Crippen molar-refractivity contribution in [2.24, 2.45) is 11.3 Å². The van der Waals surface area contributed by atoms with E-state index >= 15 is 0 Å². The Labute approximate surface area is 173 Å². The predicted molar refractivity (Wildman–Crippen MR) is 108 cm³/mol. The maximum Gasteiger partial charge on any atom is 0.303 e. The van der Waals surface area contributed by atoms with E-state index in [2.05, 4.69) is 26.9 Å². The number of rotatable bonds is 7. The van der Waals surface area contributed by atoms with Crippen LogP contribution in [0.25, 0.3) is 0 Å². The molecule has 0 aliphatic carbocycles. The molecule has 7 nitrogen and oxygen atoms in total. The van der Waals surface area contributed by atoms with Gasteiger partial charge in [-0.05, 0) is 30.0 Å². The number of aliphatic carboxylic acids is 1. The lowest BCUT2D eigenvalue weighted by Gasteiger charge is -2.29. The molecule has 0 amide bonds. The van der Waals surface area contributed by atoms with Gasteiger partial charge in [0.1, 0.15) is 5.01 Å². The van der Waals surface area contributed by atoms with E-state index in [1.54, 1.807) is 11.3 Å². The number of nitrogens with zero attached hydrogens (tertiary/aromatic N) is 3. The summed E-state index contributed by atoms with van der Waals surface area (Å²) in [6.07, 6.45) is 2.82. The first-order chi connectivity index (χ1) is 14.1. The summed E-state index contributed by atoms with van der Waals surface area (Å²) < 4.78 is 10.9. The van der Waals surface area contributed by atoms with E-state index in [-0.39, 0.29) is 18.6 Å². The third-order valence-electron chi connectivity index (χ3n) is 6.42. The molecule has 1 aromatic heterocycles. The van der Waals surface area contributed by atoms with E-state index in [0.29, 0.717) is 5.92 Å². The molecule has 2 atom stereocenters. The monoisotopic (exact) mass is 415 g/mol. The number of carboxylic acid groups (broad SMARTS) is 1. The second-order valence-corrected chi connectivity index (χ2v) is 9.38. The SMILES string of the molecule is O=C(O)CCC12CN(Cc3ccc4c(c3)OCO4)CC1CN(Cc1nccs1)C2. The molecule has 0 saturated carbocycles. The Balaban J connectivity index is 1.28. The highest BCUT2D eigenvalue weighted by atomic mass is 32.1. The van der Waals surface area contributed by atoms with Gasteiger partial charge in [-0.2, -0.15) is 0 Å².